The van der Waals surface area contributed by atoms with Crippen molar-refractivity contribution >= 4 is 45.6 Å². The van der Waals surface area contributed by atoms with Crippen LogP contribution in [0, 0.1) is 0 Å². The van der Waals surface area contributed by atoms with Gasteiger partial charge < -0.3 is 25.4 Å². The number of carbonyl (C=O) groups is 1. The van der Waals surface area contributed by atoms with Crippen molar-refractivity contribution in [2.75, 3.05) is 32.1 Å². The summed E-state index contributed by atoms with van der Waals surface area (Å²) in [4.78, 5) is 16.9. The van der Waals surface area contributed by atoms with Crippen LogP contribution in [0.25, 0.3) is 16.5 Å². The number of H-pyrrole nitrogens is 1. The van der Waals surface area contributed by atoms with Crippen molar-refractivity contribution in [3.8, 4) is 0 Å². The molecule has 1 saturated heterocycles. The molecular formula is C23H27ClN8O3. The number of allylic oxidation sites excluding steroid dienone is 2. The minimum absolute atomic E-state index is 0.0525. The Bertz CT molecular complexity index is 1290. The molecule has 2 aliphatic rings. The van der Waals surface area contributed by atoms with Crippen LogP contribution in [0.4, 0.5) is 11.6 Å². The Morgan fingerprint density at radius 1 is 1.34 bits per heavy atom. The monoisotopic (exact) mass is 498 g/mol. The lowest BCUT2D eigenvalue weighted by molar-refractivity contribution is -0.125. The third-order valence-corrected chi connectivity index (χ3v) is 6.51. The number of anilines is 2. The van der Waals surface area contributed by atoms with E-state index in [4.69, 9.17) is 21.1 Å². The predicted molar refractivity (Wildman–Crippen MR) is 132 cm³/mol. The number of methoxy groups -OCH3 is 1. The largest absolute Gasteiger partial charge is 0.485 e. The van der Waals surface area contributed by atoms with E-state index in [9.17, 15) is 4.79 Å². The molecule has 5 rings (SSSR count). The van der Waals surface area contributed by atoms with Gasteiger partial charge in [-0.3, -0.25) is 9.89 Å². The van der Waals surface area contributed by atoms with E-state index in [1.807, 2.05) is 31.3 Å². The molecule has 11 nitrogen and oxygen atoms in total. The zero-order valence-corrected chi connectivity index (χ0v) is 20.2. The lowest BCUT2D eigenvalue weighted by Crippen LogP contribution is -2.38. The maximum absolute atomic E-state index is 12.2. The van der Waals surface area contributed by atoms with Gasteiger partial charge in [0.05, 0.1) is 22.4 Å². The smallest absolute Gasteiger partial charge is 0.258 e. The number of nitrogens with zero attached hydrogens (tertiary/aromatic N) is 4. The maximum Gasteiger partial charge on any atom is 0.258 e. The summed E-state index contributed by atoms with van der Waals surface area (Å²) in [5.41, 5.74) is 2.46. The van der Waals surface area contributed by atoms with Crippen LogP contribution in [0.5, 0.6) is 0 Å². The van der Waals surface area contributed by atoms with Gasteiger partial charge in [-0.1, -0.05) is 17.7 Å². The molecule has 2 atom stereocenters. The number of amides is 1. The fraction of sp³-hybridized carbons (Fsp3) is 0.391. The van der Waals surface area contributed by atoms with Gasteiger partial charge in [-0.15, -0.1) is 5.10 Å². The van der Waals surface area contributed by atoms with Gasteiger partial charge in [0.1, 0.15) is 11.9 Å². The Morgan fingerprint density at radius 3 is 3.03 bits per heavy atom. The van der Waals surface area contributed by atoms with Crippen LogP contribution >= 0.6 is 11.6 Å². The number of halogens is 1. The third-order valence-electron chi connectivity index (χ3n) is 6.11. The van der Waals surface area contributed by atoms with Crippen LogP contribution in [0.1, 0.15) is 18.7 Å². The number of carbonyl (C=O) groups excluding carboxylic acids is 1. The Morgan fingerprint density at radius 2 is 2.23 bits per heavy atom. The van der Waals surface area contributed by atoms with Gasteiger partial charge in [-0.25, -0.2) is 4.68 Å². The Balaban J connectivity index is 1.27. The summed E-state index contributed by atoms with van der Waals surface area (Å²) in [7, 11) is 3.42. The third kappa shape index (κ3) is 5.02. The molecule has 35 heavy (non-hydrogen) atoms. The Kier molecular flexibility index (Phi) is 6.71. The first kappa shape index (κ1) is 23.3. The average molecular weight is 499 g/mol. The highest BCUT2D eigenvalue weighted by molar-refractivity contribution is 6.38. The predicted octanol–water partition coefficient (Wildman–Crippen LogP) is 2.27. The van der Waals surface area contributed by atoms with Crippen LogP contribution in [0.2, 0.25) is 5.02 Å². The van der Waals surface area contributed by atoms with E-state index in [1.165, 1.54) is 0 Å². The second-order valence-corrected chi connectivity index (χ2v) is 8.88. The van der Waals surface area contributed by atoms with E-state index < -0.39 is 0 Å². The van der Waals surface area contributed by atoms with Crippen molar-refractivity contribution in [3.63, 3.8) is 0 Å². The lowest BCUT2D eigenvalue weighted by Gasteiger charge is -2.23. The van der Waals surface area contributed by atoms with Gasteiger partial charge >= 0.3 is 0 Å². The normalized spacial score (nSPS) is 20.0. The van der Waals surface area contributed by atoms with E-state index in [0.29, 0.717) is 34.7 Å². The molecule has 0 saturated carbocycles. The summed E-state index contributed by atoms with van der Waals surface area (Å²) in [6, 6.07) is 3.92. The molecule has 1 aliphatic heterocycles. The number of fused-ring (bicyclic) bond motifs is 1. The minimum atomic E-state index is -0.339. The SMILES string of the molecule is COC1CC(c2nc(Nc3ccc4[nH]ncc4c3Cl)n(C)n2)=CC=C1OCC(=O)NC1CCNC1. The standard InChI is InChI=1S/C23H27ClN8O3/c1-32-23(28-17-5-4-16-15(21(17)24)11-26-30-16)29-22(31-32)13-3-6-18(19(9-13)34-2)35-12-20(33)27-14-7-8-25-10-14/h3-6,11,14,19,25H,7-10,12H2,1-2H3,(H,26,30)(H,27,33)(H,28,29,31). The summed E-state index contributed by atoms with van der Waals surface area (Å²) in [6.07, 6.45) is 6.50. The molecule has 0 bridgehead atoms. The number of aromatic nitrogens is 5. The molecule has 184 valence electrons. The second kappa shape index (κ2) is 10.1. The van der Waals surface area contributed by atoms with Gasteiger partial charge in [-0.05, 0) is 31.2 Å². The first-order valence-corrected chi connectivity index (χ1v) is 11.8. The van der Waals surface area contributed by atoms with Gasteiger partial charge in [-0.2, -0.15) is 10.1 Å². The number of aryl methyl sites for hydroxylation is 1. The van der Waals surface area contributed by atoms with Crippen LogP contribution in [-0.4, -0.2) is 69.8 Å². The van der Waals surface area contributed by atoms with Crippen LogP contribution in [0.3, 0.4) is 0 Å². The molecule has 4 N–H and O–H groups in total. The highest BCUT2D eigenvalue weighted by atomic mass is 35.5. The number of nitrogens with one attached hydrogen (secondary N) is 4. The van der Waals surface area contributed by atoms with E-state index >= 15 is 0 Å². The van der Waals surface area contributed by atoms with Crippen molar-refractivity contribution in [1.29, 1.82) is 0 Å². The first-order valence-electron chi connectivity index (χ1n) is 11.4. The Labute approximate surface area is 206 Å². The molecule has 2 unspecified atom stereocenters. The van der Waals surface area contributed by atoms with Crippen molar-refractivity contribution in [3.05, 3.63) is 47.1 Å². The second-order valence-electron chi connectivity index (χ2n) is 8.50. The molecule has 0 spiro atoms. The number of hydrogen-bond acceptors (Lipinski definition) is 8. The van der Waals surface area contributed by atoms with E-state index in [0.717, 1.165) is 36.0 Å². The zero-order valence-electron chi connectivity index (χ0n) is 19.5. The summed E-state index contributed by atoms with van der Waals surface area (Å²) in [5, 5.41) is 22.3. The van der Waals surface area contributed by atoms with Crippen LogP contribution in [0.15, 0.2) is 36.2 Å². The lowest BCUT2D eigenvalue weighted by atomic mass is 10.0. The number of ether oxygens (including phenoxy) is 2. The summed E-state index contributed by atoms with van der Waals surface area (Å²) in [5.74, 6) is 1.58. The molecular weight excluding hydrogens is 472 g/mol. The highest BCUT2D eigenvalue weighted by Crippen LogP contribution is 2.33. The molecule has 3 aromatic rings. The summed E-state index contributed by atoms with van der Waals surface area (Å²) < 4.78 is 13.1. The minimum Gasteiger partial charge on any atom is -0.485 e. The molecule has 3 heterocycles. The fourth-order valence-electron chi connectivity index (χ4n) is 4.19. The number of benzene rings is 1. The first-order chi connectivity index (χ1) is 17.0. The van der Waals surface area contributed by atoms with Gasteiger partial charge in [0.15, 0.2) is 12.4 Å². The maximum atomic E-state index is 12.2. The highest BCUT2D eigenvalue weighted by Gasteiger charge is 2.25. The molecule has 0 radical (unpaired) electrons. The number of hydrogen-bond donors (Lipinski definition) is 4. The zero-order chi connectivity index (χ0) is 24.4. The number of rotatable bonds is 8. The Hall–Kier alpha value is -3.41. The van der Waals surface area contributed by atoms with Crippen LogP contribution in [-0.2, 0) is 21.3 Å². The summed E-state index contributed by atoms with van der Waals surface area (Å²) >= 11 is 6.53. The summed E-state index contributed by atoms with van der Waals surface area (Å²) in [6.45, 7) is 1.66. The van der Waals surface area contributed by atoms with E-state index in [1.54, 1.807) is 18.0 Å². The van der Waals surface area contributed by atoms with Gasteiger partial charge in [0.2, 0.25) is 5.95 Å². The van der Waals surface area contributed by atoms with Crippen molar-refractivity contribution in [2.24, 2.45) is 7.05 Å². The molecule has 1 aliphatic carbocycles. The molecule has 12 heteroatoms. The molecule has 1 fully saturated rings. The van der Waals surface area contributed by atoms with E-state index in [2.05, 4.69) is 36.2 Å². The van der Waals surface area contributed by atoms with Crippen LogP contribution < -0.4 is 16.0 Å². The van der Waals surface area contributed by atoms with Gasteiger partial charge in [0.25, 0.3) is 5.91 Å². The van der Waals surface area contributed by atoms with E-state index in [-0.39, 0.29) is 24.7 Å². The molecule has 1 amide bonds. The quantitative estimate of drug-likeness (QED) is 0.372. The van der Waals surface area contributed by atoms with Crippen molar-refractivity contribution in [1.82, 2.24) is 35.6 Å². The van der Waals surface area contributed by atoms with Crippen molar-refractivity contribution in [2.45, 2.75) is 25.0 Å². The number of aromatic amines is 1. The van der Waals surface area contributed by atoms with Gasteiger partial charge in [0, 0.05) is 44.1 Å². The average Bonchev–Trinajstić information content (AvgIpc) is 3.62. The fourth-order valence-corrected chi connectivity index (χ4v) is 4.45. The molecule has 1 aromatic carbocycles. The topological polar surface area (TPSA) is 131 Å². The van der Waals surface area contributed by atoms with Crippen molar-refractivity contribution < 1.29 is 14.3 Å². The molecule has 2 aromatic heterocycles.